The molecule has 0 bridgehead atoms. The smallest absolute Gasteiger partial charge is 0.338 e. The molecule has 1 aliphatic rings. The summed E-state index contributed by atoms with van der Waals surface area (Å²) < 4.78 is 25.0. The molecular formula is C32H27BrCl2N2O6S. The molecule has 3 aromatic carbocycles. The first-order valence-corrected chi connectivity index (χ1v) is 15.8. The van der Waals surface area contributed by atoms with Crippen molar-refractivity contribution in [1.82, 2.24) is 4.57 Å². The van der Waals surface area contributed by atoms with E-state index >= 15 is 0 Å². The summed E-state index contributed by atoms with van der Waals surface area (Å²) >= 11 is 17.1. The van der Waals surface area contributed by atoms with Crippen molar-refractivity contribution in [2.45, 2.75) is 26.5 Å². The van der Waals surface area contributed by atoms with E-state index in [0.29, 0.717) is 52.4 Å². The van der Waals surface area contributed by atoms with Gasteiger partial charge in [0.2, 0.25) is 0 Å². The number of methoxy groups -OCH3 is 2. The van der Waals surface area contributed by atoms with E-state index in [4.69, 9.17) is 42.1 Å². The lowest BCUT2D eigenvalue weighted by Gasteiger charge is -2.26. The SMILES string of the molecule is CCOC(=O)C1=C(C)N=c2s/c(=C\c3ccc(OCc4ccc(Cl)cc4Cl)c(Br)c3)c(=O)n2[C@@H]1c1ccc(OC)cc1OC. The second kappa shape index (κ2) is 13.6. The average Bonchev–Trinajstić information content (AvgIpc) is 3.30. The van der Waals surface area contributed by atoms with Gasteiger partial charge >= 0.3 is 5.97 Å². The van der Waals surface area contributed by atoms with Crippen molar-refractivity contribution in [3.05, 3.63) is 117 Å². The van der Waals surface area contributed by atoms with Crippen LogP contribution in [0.5, 0.6) is 17.2 Å². The fourth-order valence-electron chi connectivity index (χ4n) is 4.80. The molecule has 1 aliphatic heterocycles. The van der Waals surface area contributed by atoms with Gasteiger partial charge in [0.15, 0.2) is 4.80 Å². The van der Waals surface area contributed by atoms with E-state index in [1.807, 2.05) is 24.3 Å². The van der Waals surface area contributed by atoms with Crippen LogP contribution in [-0.4, -0.2) is 31.4 Å². The summed E-state index contributed by atoms with van der Waals surface area (Å²) in [6.45, 7) is 3.89. The lowest BCUT2D eigenvalue weighted by molar-refractivity contribution is -0.139. The summed E-state index contributed by atoms with van der Waals surface area (Å²) in [7, 11) is 3.08. The lowest BCUT2D eigenvalue weighted by atomic mass is 9.95. The molecule has 8 nitrogen and oxygen atoms in total. The van der Waals surface area contributed by atoms with Crippen molar-refractivity contribution in [1.29, 1.82) is 0 Å². The summed E-state index contributed by atoms with van der Waals surface area (Å²) in [5.74, 6) is 1.09. The largest absolute Gasteiger partial charge is 0.497 e. The fourth-order valence-corrected chi connectivity index (χ4v) is 6.82. The van der Waals surface area contributed by atoms with Gasteiger partial charge in [-0.25, -0.2) is 9.79 Å². The topological polar surface area (TPSA) is 88.4 Å². The number of benzene rings is 3. The van der Waals surface area contributed by atoms with Gasteiger partial charge in [-0.05, 0) is 77.8 Å². The Morgan fingerprint density at radius 2 is 1.86 bits per heavy atom. The van der Waals surface area contributed by atoms with Crippen molar-refractivity contribution in [2.75, 3.05) is 20.8 Å². The van der Waals surface area contributed by atoms with Crippen molar-refractivity contribution in [3.8, 4) is 17.2 Å². The third-order valence-corrected chi connectivity index (χ3v) is 9.09. The van der Waals surface area contributed by atoms with E-state index in [2.05, 4.69) is 20.9 Å². The number of rotatable bonds is 9. The number of aromatic nitrogens is 1. The molecule has 1 aromatic heterocycles. The molecule has 228 valence electrons. The summed E-state index contributed by atoms with van der Waals surface area (Å²) in [5, 5.41) is 1.07. The number of carbonyl (C=O) groups excluding carboxylic acids is 1. The number of fused-ring (bicyclic) bond motifs is 1. The van der Waals surface area contributed by atoms with Crippen LogP contribution in [0.25, 0.3) is 6.08 Å². The maximum atomic E-state index is 14.0. The molecule has 0 aliphatic carbocycles. The number of thiazole rings is 1. The van der Waals surface area contributed by atoms with E-state index < -0.39 is 12.0 Å². The number of esters is 1. The molecule has 1 atom stereocenters. The number of hydrogen-bond acceptors (Lipinski definition) is 8. The van der Waals surface area contributed by atoms with Gasteiger partial charge in [0.05, 0.1) is 41.1 Å². The van der Waals surface area contributed by atoms with Crippen LogP contribution < -0.4 is 29.1 Å². The molecule has 5 rings (SSSR count). The van der Waals surface area contributed by atoms with Crippen molar-refractivity contribution in [2.24, 2.45) is 4.99 Å². The molecule has 0 radical (unpaired) electrons. The molecule has 44 heavy (non-hydrogen) atoms. The zero-order valence-corrected chi connectivity index (χ0v) is 28.1. The Morgan fingerprint density at radius 1 is 1.07 bits per heavy atom. The Kier molecular flexibility index (Phi) is 9.84. The molecule has 2 heterocycles. The monoisotopic (exact) mass is 716 g/mol. The van der Waals surface area contributed by atoms with Gasteiger partial charge in [-0.15, -0.1) is 0 Å². The van der Waals surface area contributed by atoms with Gasteiger partial charge in [-0.3, -0.25) is 9.36 Å². The summed E-state index contributed by atoms with van der Waals surface area (Å²) in [6, 6.07) is 15.2. The minimum absolute atomic E-state index is 0.174. The Bertz CT molecular complexity index is 1970. The minimum atomic E-state index is -0.824. The molecule has 0 saturated heterocycles. The molecule has 0 fully saturated rings. The zero-order valence-electron chi connectivity index (χ0n) is 24.2. The van der Waals surface area contributed by atoms with E-state index in [9.17, 15) is 9.59 Å². The van der Waals surface area contributed by atoms with Gasteiger partial charge in [0.25, 0.3) is 5.56 Å². The highest BCUT2D eigenvalue weighted by Crippen LogP contribution is 2.37. The Hall–Kier alpha value is -3.57. The maximum absolute atomic E-state index is 14.0. The highest BCUT2D eigenvalue weighted by molar-refractivity contribution is 9.10. The van der Waals surface area contributed by atoms with E-state index in [1.165, 1.54) is 23.0 Å². The highest BCUT2D eigenvalue weighted by atomic mass is 79.9. The Morgan fingerprint density at radius 3 is 2.55 bits per heavy atom. The molecule has 0 saturated carbocycles. The predicted octanol–water partition coefficient (Wildman–Crippen LogP) is 6.46. The molecule has 0 spiro atoms. The lowest BCUT2D eigenvalue weighted by Crippen LogP contribution is -2.40. The molecule has 0 N–H and O–H groups in total. The highest BCUT2D eigenvalue weighted by Gasteiger charge is 2.35. The maximum Gasteiger partial charge on any atom is 0.338 e. The standard InChI is InChI=1S/C32H27BrCl2N2O6S/c1-5-42-31(39)28-17(2)36-32-37(29(28)22-10-9-21(40-3)15-26(22)41-4)30(38)27(44-32)13-18-6-11-25(23(33)12-18)43-16-19-7-8-20(34)14-24(19)35/h6-15,29H,5,16H2,1-4H3/b27-13-/t29-/m1/s1. The van der Waals surface area contributed by atoms with Crippen molar-refractivity contribution < 1.29 is 23.7 Å². The van der Waals surface area contributed by atoms with Crippen LogP contribution in [0.4, 0.5) is 0 Å². The molecule has 0 amide bonds. The Labute approximate surface area is 275 Å². The fraction of sp³-hybridized carbons (Fsp3) is 0.219. The summed E-state index contributed by atoms with van der Waals surface area (Å²) in [4.78, 5) is 32.3. The van der Waals surface area contributed by atoms with Gasteiger partial charge in [-0.2, -0.15) is 0 Å². The van der Waals surface area contributed by atoms with Crippen molar-refractivity contribution >= 4 is 62.5 Å². The van der Waals surface area contributed by atoms with Crippen LogP contribution in [-0.2, 0) is 16.1 Å². The Balaban J connectivity index is 1.55. The van der Waals surface area contributed by atoms with E-state index in [-0.39, 0.29) is 24.3 Å². The van der Waals surface area contributed by atoms with E-state index in [1.54, 1.807) is 57.4 Å². The number of halogens is 3. The predicted molar refractivity (Wildman–Crippen MR) is 175 cm³/mol. The number of nitrogens with zero attached hydrogens (tertiary/aromatic N) is 2. The van der Waals surface area contributed by atoms with Gasteiger partial charge in [0, 0.05) is 27.2 Å². The number of carbonyl (C=O) groups is 1. The first-order valence-electron chi connectivity index (χ1n) is 13.4. The van der Waals surface area contributed by atoms with Crippen LogP contribution in [0.2, 0.25) is 10.0 Å². The minimum Gasteiger partial charge on any atom is -0.497 e. The number of hydrogen-bond donors (Lipinski definition) is 0. The molecule has 4 aromatic rings. The molecule has 12 heteroatoms. The third kappa shape index (κ3) is 6.44. The first kappa shape index (κ1) is 31.8. The van der Waals surface area contributed by atoms with Crippen LogP contribution in [0.15, 0.2) is 80.1 Å². The summed E-state index contributed by atoms with van der Waals surface area (Å²) in [5.41, 5.74) is 2.58. The number of allylic oxidation sites excluding steroid dienone is 1. The van der Waals surface area contributed by atoms with Gasteiger partial charge < -0.3 is 18.9 Å². The summed E-state index contributed by atoms with van der Waals surface area (Å²) in [6.07, 6.45) is 1.78. The zero-order chi connectivity index (χ0) is 31.5. The number of ether oxygens (including phenoxy) is 4. The average molecular weight is 718 g/mol. The quantitative estimate of drug-likeness (QED) is 0.185. The van der Waals surface area contributed by atoms with Crippen LogP contribution in [0, 0.1) is 0 Å². The van der Waals surface area contributed by atoms with Gasteiger partial charge in [0.1, 0.15) is 29.9 Å². The normalized spacial score (nSPS) is 14.6. The van der Waals surface area contributed by atoms with E-state index in [0.717, 1.165) is 11.1 Å². The first-order chi connectivity index (χ1) is 21.1. The van der Waals surface area contributed by atoms with Crippen LogP contribution in [0.3, 0.4) is 0 Å². The molecular weight excluding hydrogens is 691 g/mol. The van der Waals surface area contributed by atoms with Crippen LogP contribution in [0.1, 0.15) is 36.6 Å². The second-order valence-electron chi connectivity index (χ2n) is 9.62. The molecule has 0 unspecified atom stereocenters. The van der Waals surface area contributed by atoms with Crippen molar-refractivity contribution in [3.63, 3.8) is 0 Å². The van der Waals surface area contributed by atoms with Gasteiger partial charge in [-0.1, -0.05) is 46.7 Å². The second-order valence-corrected chi connectivity index (χ2v) is 12.3. The third-order valence-electron chi connectivity index (χ3n) is 6.90. The van der Waals surface area contributed by atoms with Crippen LogP contribution >= 0.6 is 50.5 Å².